The van der Waals surface area contributed by atoms with Crippen LogP contribution in [0.1, 0.15) is 33.8 Å². The molecule has 0 N–H and O–H groups in total. The van der Waals surface area contributed by atoms with Crippen molar-refractivity contribution >= 4 is 11.7 Å². The minimum Gasteiger partial charge on any atom is -0.484 e. The minimum absolute atomic E-state index is 0.0779. The van der Waals surface area contributed by atoms with Crippen LogP contribution in [-0.4, -0.2) is 35.3 Å². The Morgan fingerprint density at radius 1 is 1.18 bits per heavy atom. The predicted molar refractivity (Wildman–Crippen MR) is 78.0 cm³/mol. The van der Waals surface area contributed by atoms with Gasteiger partial charge in [-0.15, -0.1) is 0 Å². The van der Waals surface area contributed by atoms with Crippen LogP contribution in [0, 0.1) is 0 Å². The smallest absolute Gasteiger partial charge is 0.289 e. The maximum atomic E-state index is 12.4. The number of Topliss-reactive ketones (excluding diaryl/α,β-unsaturated/α-hetero) is 1. The Labute approximate surface area is 127 Å². The van der Waals surface area contributed by atoms with Crippen LogP contribution < -0.4 is 4.74 Å². The summed E-state index contributed by atoms with van der Waals surface area (Å²) in [5.74, 6) is 0.858. The van der Waals surface area contributed by atoms with Crippen LogP contribution in [0.2, 0.25) is 0 Å². The number of fused-ring (bicyclic) bond motifs is 1. The molecule has 2 aromatic rings. The summed E-state index contributed by atoms with van der Waals surface area (Å²) < 4.78 is 11.3. The maximum Gasteiger partial charge on any atom is 0.289 e. The first-order valence-corrected chi connectivity index (χ1v) is 7.31. The Morgan fingerprint density at radius 2 is 2.05 bits per heavy atom. The standard InChI is InChI=1S/C17H15NO4/c19-13-10-17(22-14-5-2-1-4-12(13)14)7-8-18(11-17)16(20)15-6-3-9-21-15/h1-6,9H,7-8,10-11H2. The van der Waals surface area contributed by atoms with Crippen LogP contribution in [0.3, 0.4) is 0 Å². The first-order chi connectivity index (χ1) is 10.7. The molecule has 1 unspecified atom stereocenters. The molecule has 1 fully saturated rings. The lowest BCUT2D eigenvalue weighted by Crippen LogP contribution is -2.45. The summed E-state index contributed by atoms with van der Waals surface area (Å²) in [5, 5.41) is 0. The molecule has 1 atom stereocenters. The second-order valence-electron chi connectivity index (χ2n) is 5.84. The third kappa shape index (κ3) is 2.01. The highest BCUT2D eigenvalue weighted by atomic mass is 16.5. The molecule has 5 heteroatoms. The van der Waals surface area contributed by atoms with Crippen molar-refractivity contribution in [1.82, 2.24) is 4.90 Å². The lowest BCUT2D eigenvalue weighted by Gasteiger charge is -2.34. The van der Waals surface area contributed by atoms with Crippen molar-refractivity contribution in [2.24, 2.45) is 0 Å². The van der Waals surface area contributed by atoms with Gasteiger partial charge in [-0.1, -0.05) is 12.1 Å². The zero-order chi connectivity index (χ0) is 15.2. The number of likely N-dealkylation sites (tertiary alicyclic amines) is 1. The number of rotatable bonds is 1. The highest BCUT2D eigenvalue weighted by Crippen LogP contribution is 2.38. The predicted octanol–water partition coefficient (Wildman–Crippen LogP) is 2.53. The highest BCUT2D eigenvalue weighted by molar-refractivity contribution is 6.00. The van der Waals surface area contributed by atoms with Crippen molar-refractivity contribution in [1.29, 1.82) is 0 Å². The van der Waals surface area contributed by atoms with Crippen LogP contribution in [0.15, 0.2) is 47.1 Å². The van der Waals surface area contributed by atoms with Crippen molar-refractivity contribution in [2.75, 3.05) is 13.1 Å². The number of hydrogen-bond acceptors (Lipinski definition) is 4. The fourth-order valence-electron chi connectivity index (χ4n) is 3.24. The van der Waals surface area contributed by atoms with Gasteiger partial charge in [-0.2, -0.15) is 0 Å². The second kappa shape index (κ2) is 4.73. The van der Waals surface area contributed by atoms with E-state index in [0.29, 0.717) is 43.0 Å². The summed E-state index contributed by atoms with van der Waals surface area (Å²) in [4.78, 5) is 26.4. The van der Waals surface area contributed by atoms with E-state index in [1.54, 1.807) is 23.1 Å². The number of furan rings is 1. The van der Waals surface area contributed by atoms with E-state index in [0.717, 1.165) is 0 Å². The van der Waals surface area contributed by atoms with Crippen molar-refractivity contribution in [3.05, 3.63) is 54.0 Å². The number of ether oxygens (including phenoxy) is 1. The zero-order valence-electron chi connectivity index (χ0n) is 12.0. The molecule has 1 aromatic heterocycles. The van der Waals surface area contributed by atoms with E-state index in [1.807, 2.05) is 18.2 Å². The molecule has 22 heavy (non-hydrogen) atoms. The number of carbonyl (C=O) groups is 2. The molecule has 2 aliphatic rings. The average Bonchev–Trinajstić information content (AvgIpc) is 3.17. The van der Waals surface area contributed by atoms with Gasteiger partial charge in [-0.3, -0.25) is 9.59 Å². The minimum atomic E-state index is -0.603. The largest absolute Gasteiger partial charge is 0.484 e. The fraction of sp³-hybridized carbons (Fsp3) is 0.294. The second-order valence-corrected chi connectivity index (χ2v) is 5.84. The lowest BCUT2D eigenvalue weighted by atomic mass is 9.89. The van der Waals surface area contributed by atoms with Crippen LogP contribution in [0.5, 0.6) is 5.75 Å². The van der Waals surface area contributed by atoms with Gasteiger partial charge in [0.25, 0.3) is 5.91 Å². The monoisotopic (exact) mass is 297 g/mol. The number of carbonyl (C=O) groups excluding carboxylic acids is 2. The highest BCUT2D eigenvalue weighted by Gasteiger charge is 2.47. The van der Waals surface area contributed by atoms with E-state index in [1.165, 1.54) is 6.26 Å². The Hall–Kier alpha value is -2.56. The molecule has 5 nitrogen and oxygen atoms in total. The number of para-hydroxylation sites is 1. The first-order valence-electron chi connectivity index (χ1n) is 7.31. The Kier molecular flexibility index (Phi) is 2.82. The fourth-order valence-corrected chi connectivity index (χ4v) is 3.24. The summed E-state index contributed by atoms with van der Waals surface area (Å²) in [6, 6.07) is 10.6. The molecule has 2 aliphatic heterocycles. The van der Waals surface area contributed by atoms with Crippen molar-refractivity contribution in [3.63, 3.8) is 0 Å². The number of ketones is 1. The Bertz CT molecular complexity index is 737. The van der Waals surface area contributed by atoms with E-state index >= 15 is 0 Å². The zero-order valence-corrected chi connectivity index (χ0v) is 12.0. The van der Waals surface area contributed by atoms with E-state index in [-0.39, 0.29) is 11.7 Å². The van der Waals surface area contributed by atoms with Gasteiger partial charge in [0.05, 0.1) is 24.8 Å². The molecule has 4 rings (SSSR count). The lowest BCUT2D eigenvalue weighted by molar-refractivity contribution is 0.0421. The van der Waals surface area contributed by atoms with Gasteiger partial charge in [-0.25, -0.2) is 0 Å². The number of nitrogens with zero attached hydrogens (tertiary/aromatic N) is 1. The maximum absolute atomic E-state index is 12.4. The summed E-state index contributed by atoms with van der Waals surface area (Å²) in [6.45, 7) is 0.974. The SMILES string of the molecule is O=C1CC2(CCN(C(=O)c3ccco3)C2)Oc2ccccc21. The molecule has 3 heterocycles. The first kappa shape index (κ1) is 13.1. The van der Waals surface area contributed by atoms with Crippen molar-refractivity contribution < 1.29 is 18.7 Å². The Morgan fingerprint density at radius 3 is 2.86 bits per heavy atom. The van der Waals surface area contributed by atoms with Crippen LogP contribution in [0.25, 0.3) is 0 Å². The number of amides is 1. The van der Waals surface area contributed by atoms with Gasteiger partial charge in [0.2, 0.25) is 0 Å². The molecular weight excluding hydrogens is 282 g/mol. The summed E-state index contributed by atoms with van der Waals surface area (Å²) >= 11 is 0. The van der Waals surface area contributed by atoms with Crippen LogP contribution >= 0.6 is 0 Å². The van der Waals surface area contributed by atoms with Gasteiger partial charge in [0.1, 0.15) is 11.4 Å². The van der Waals surface area contributed by atoms with Crippen LogP contribution in [0.4, 0.5) is 0 Å². The molecule has 0 radical (unpaired) electrons. The summed E-state index contributed by atoms with van der Waals surface area (Å²) in [7, 11) is 0. The molecule has 1 amide bonds. The summed E-state index contributed by atoms with van der Waals surface area (Å²) in [5.41, 5.74) is 0.0252. The van der Waals surface area contributed by atoms with Gasteiger partial charge in [0, 0.05) is 13.0 Å². The topological polar surface area (TPSA) is 59.8 Å². The molecule has 112 valence electrons. The third-order valence-corrected chi connectivity index (χ3v) is 4.33. The van der Waals surface area contributed by atoms with Gasteiger partial charge < -0.3 is 14.1 Å². The van der Waals surface area contributed by atoms with Crippen LogP contribution in [-0.2, 0) is 0 Å². The molecule has 1 aromatic carbocycles. The Balaban J connectivity index is 1.58. The van der Waals surface area contributed by atoms with Gasteiger partial charge in [-0.05, 0) is 24.3 Å². The van der Waals surface area contributed by atoms with Crippen molar-refractivity contribution in [2.45, 2.75) is 18.4 Å². The number of benzene rings is 1. The van der Waals surface area contributed by atoms with E-state index < -0.39 is 5.60 Å². The molecule has 1 spiro atoms. The molecule has 0 bridgehead atoms. The average molecular weight is 297 g/mol. The molecule has 0 saturated carbocycles. The van der Waals surface area contributed by atoms with Crippen molar-refractivity contribution in [3.8, 4) is 5.75 Å². The van der Waals surface area contributed by atoms with Gasteiger partial charge in [0.15, 0.2) is 11.5 Å². The third-order valence-electron chi connectivity index (χ3n) is 4.33. The van der Waals surface area contributed by atoms with E-state index in [4.69, 9.17) is 9.15 Å². The van der Waals surface area contributed by atoms with E-state index in [9.17, 15) is 9.59 Å². The van der Waals surface area contributed by atoms with E-state index in [2.05, 4.69) is 0 Å². The summed E-state index contributed by atoms with van der Waals surface area (Å²) in [6.07, 6.45) is 2.45. The normalized spacial score (nSPS) is 23.5. The number of hydrogen-bond donors (Lipinski definition) is 0. The molecule has 1 saturated heterocycles. The quantitative estimate of drug-likeness (QED) is 0.811. The molecular formula is C17H15NO4. The molecule has 0 aliphatic carbocycles. The van der Waals surface area contributed by atoms with Gasteiger partial charge >= 0.3 is 0 Å².